The van der Waals surface area contributed by atoms with Gasteiger partial charge in [-0.05, 0) is 17.4 Å². The average Bonchev–Trinajstić information content (AvgIpc) is 3.19. The van der Waals surface area contributed by atoms with Crippen LogP contribution in [0.3, 0.4) is 0 Å². The Morgan fingerprint density at radius 3 is 2.68 bits per heavy atom. The van der Waals surface area contributed by atoms with E-state index in [4.69, 9.17) is 11.0 Å². The summed E-state index contributed by atoms with van der Waals surface area (Å²) in [7, 11) is 0. The average molecular weight is 337 g/mol. The molecule has 0 aliphatic carbocycles. The highest BCUT2D eigenvalue weighted by Crippen LogP contribution is 2.32. The zero-order chi connectivity index (χ0) is 18.0. The van der Waals surface area contributed by atoms with Crippen molar-refractivity contribution < 1.29 is 4.79 Å². The van der Waals surface area contributed by atoms with Gasteiger partial charge in [0.05, 0.1) is 12.1 Å². The first-order chi connectivity index (χ1) is 12.0. The number of rotatable bonds is 4. The zero-order valence-electron chi connectivity index (χ0n) is 14.6. The Morgan fingerprint density at radius 1 is 1.36 bits per heavy atom. The van der Waals surface area contributed by atoms with Crippen molar-refractivity contribution in [3.05, 3.63) is 47.7 Å². The van der Waals surface area contributed by atoms with Crippen molar-refractivity contribution in [3.63, 3.8) is 0 Å². The van der Waals surface area contributed by atoms with Gasteiger partial charge < -0.3 is 5.73 Å². The van der Waals surface area contributed by atoms with Crippen LogP contribution in [-0.4, -0.2) is 33.7 Å². The molecular weight excluding hydrogens is 314 g/mol. The van der Waals surface area contributed by atoms with E-state index in [2.05, 4.69) is 36.0 Å². The number of nitrogen functional groups attached to an aromatic ring is 1. The first kappa shape index (κ1) is 17.2. The van der Waals surface area contributed by atoms with Crippen LogP contribution in [0.4, 0.5) is 5.82 Å². The number of likely N-dealkylation sites (tertiary alicyclic amines) is 1. The SMILES string of the molecule is CC(C)C1CN(Cc2ccccc2)CC1C(=O)n1ncc(C#N)c1N. The maximum absolute atomic E-state index is 13.0. The summed E-state index contributed by atoms with van der Waals surface area (Å²) in [5.74, 6) is 0.467. The van der Waals surface area contributed by atoms with Gasteiger partial charge in [0.15, 0.2) is 0 Å². The van der Waals surface area contributed by atoms with E-state index in [1.54, 1.807) is 0 Å². The third-order valence-corrected chi connectivity index (χ3v) is 5.00. The first-order valence-electron chi connectivity index (χ1n) is 8.55. The molecule has 1 aromatic carbocycles. The van der Waals surface area contributed by atoms with E-state index in [0.29, 0.717) is 12.5 Å². The minimum Gasteiger partial charge on any atom is -0.382 e. The fourth-order valence-electron chi connectivity index (χ4n) is 3.60. The molecule has 1 aliphatic heterocycles. The normalized spacial score (nSPS) is 20.7. The minimum atomic E-state index is -0.169. The molecule has 2 atom stereocenters. The summed E-state index contributed by atoms with van der Waals surface area (Å²) >= 11 is 0. The lowest BCUT2D eigenvalue weighted by atomic mass is 9.85. The lowest BCUT2D eigenvalue weighted by Crippen LogP contribution is -2.31. The van der Waals surface area contributed by atoms with E-state index in [0.717, 1.165) is 13.1 Å². The number of hydrogen-bond acceptors (Lipinski definition) is 5. The number of anilines is 1. The lowest BCUT2D eigenvalue weighted by molar-refractivity contribution is 0.0779. The second-order valence-corrected chi connectivity index (χ2v) is 7.00. The maximum Gasteiger partial charge on any atom is 0.253 e. The quantitative estimate of drug-likeness (QED) is 0.925. The number of aromatic nitrogens is 2. The number of nitrogens with two attached hydrogens (primary N) is 1. The highest BCUT2D eigenvalue weighted by Gasteiger charge is 2.40. The van der Waals surface area contributed by atoms with Crippen molar-refractivity contribution in [2.24, 2.45) is 17.8 Å². The summed E-state index contributed by atoms with van der Waals surface area (Å²) in [5.41, 5.74) is 7.39. The zero-order valence-corrected chi connectivity index (χ0v) is 14.6. The van der Waals surface area contributed by atoms with E-state index < -0.39 is 0 Å². The molecule has 1 aromatic heterocycles. The second kappa shape index (κ2) is 7.08. The largest absolute Gasteiger partial charge is 0.382 e. The van der Waals surface area contributed by atoms with Gasteiger partial charge in [-0.15, -0.1) is 0 Å². The molecule has 2 aromatic rings. The Labute approximate surface area is 147 Å². The van der Waals surface area contributed by atoms with Crippen LogP contribution in [-0.2, 0) is 6.54 Å². The van der Waals surface area contributed by atoms with Gasteiger partial charge in [0.2, 0.25) is 0 Å². The number of carbonyl (C=O) groups is 1. The topological polar surface area (TPSA) is 87.9 Å². The van der Waals surface area contributed by atoms with Gasteiger partial charge in [0, 0.05) is 19.6 Å². The molecule has 0 spiro atoms. The fraction of sp³-hybridized carbons (Fsp3) is 0.421. The van der Waals surface area contributed by atoms with Crippen LogP contribution in [0.1, 0.15) is 29.8 Å². The molecule has 2 heterocycles. The van der Waals surface area contributed by atoms with Crippen LogP contribution in [0.5, 0.6) is 0 Å². The van der Waals surface area contributed by atoms with E-state index in [1.165, 1.54) is 16.4 Å². The smallest absolute Gasteiger partial charge is 0.253 e. The summed E-state index contributed by atoms with van der Waals surface area (Å²) in [6, 6.07) is 12.2. The summed E-state index contributed by atoms with van der Waals surface area (Å²) < 4.78 is 1.20. The molecule has 2 unspecified atom stereocenters. The lowest BCUT2D eigenvalue weighted by Gasteiger charge is -2.20. The third kappa shape index (κ3) is 3.42. The van der Waals surface area contributed by atoms with Crippen molar-refractivity contribution in [2.45, 2.75) is 20.4 Å². The second-order valence-electron chi connectivity index (χ2n) is 7.00. The van der Waals surface area contributed by atoms with Crippen LogP contribution in [0.15, 0.2) is 36.5 Å². The van der Waals surface area contributed by atoms with Crippen molar-refractivity contribution in [3.8, 4) is 6.07 Å². The van der Waals surface area contributed by atoms with Gasteiger partial charge in [0.1, 0.15) is 17.5 Å². The number of carbonyl (C=O) groups excluding carboxylic acids is 1. The predicted molar refractivity (Wildman–Crippen MR) is 95.5 cm³/mol. The van der Waals surface area contributed by atoms with E-state index in [-0.39, 0.29) is 29.1 Å². The summed E-state index contributed by atoms with van der Waals surface area (Å²) in [4.78, 5) is 15.3. The Balaban J connectivity index is 1.80. The summed E-state index contributed by atoms with van der Waals surface area (Å²) in [5, 5.41) is 13.1. The predicted octanol–water partition coefficient (Wildman–Crippen LogP) is 2.38. The van der Waals surface area contributed by atoms with Crippen LogP contribution in [0, 0.1) is 29.1 Å². The molecule has 1 aliphatic rings. The van der Waals surface area contributed by atoms with E-state index >= 15 is 0 Å². The standard InChI is InChI=1S/C19H23N5O/c1-13(2)16-11-23(10-14-6-4-3-5-7-14)12-17(16)19(25)24-18(21)15(8-20)9-22-24/h3-7,9,13,16-17H,10-12,21H2,1-2H3. The molecular formula is C19H23N5O. The molecule has 6 nitrogen and oxygen atoms in total. The van der Waals surface area contributed by atoms with Gasteiger partial charge in [0.25, 0.3) is 5.91 Å². The Morgan fingerprint density at radius 2 is 2.08 bits per heavy atom. The molecule has 0 bridgehead atoms. The minimum absolute atomic E-state index is 0.117. The first-order valence-corrected chi connectivity index (χ1v) is 8.55. The van der Waals surface area contributed by atoms with Crippen LogP contribution in [0.25, 0.3) is 0 Å². The summed E-state index contributed by atoms with van der Waals surface area (Å²) in [6.07, 6.45) is 1.36. The van der Waals surface area contributed by atoms with E-state index in [1.807, 2.05) is 24.3 Å². The molecule has 1 fully saturated rings. The highest BCUT2D eigenvalue weighted by molar-refractivity contribution is 5.85. The van der Waals surface area contributed by atoms with Gasteiger partial charge in [-0.25, -0.2) is 0 Å². The number of hydrogen-bond donors (Lipinski definition) is 1. The van der Waals surface area contributed by atoms with Gasteiger partial charge in [-0.1, -0.05) is 44.2 Å². The molecule has 0 amide bonds. The van der Waals surface area contributed by atoms with Crippen LogP contribution >= 0.6 is 0 Å². The monoisotopic (exact) mass is 337 g/mol. The molecule has 2 N–H and O–H groups in total. The molecule has 25 heavy (non-hydrogen) atoms. The van der Waals surface area contributed by atoms with Crippen LogP contribution < -0.4 is 5.73 Å². The molecule has 3 rings (SSSR count). The Bertz CT molecular complexity index is 790. The molecule has 1 saturated heterocycles. The van der Waals surface area contributed by atoms with E-state index in [9.17, 15) is 4.79 Å². The molecule has 6 heteroatoms. The van der Waals surface area contributed by atoms with Gasteiger partial charge in [-0.2, -0.15) is 15.0 Å². The van der Waals surface area contributed by atoms with Gasteiger partial charge in [-0.3, -0.25) is 9.69 Å². The number of nitrogens with zero attached hydrogens (tertiary/aromatic N) is 4. The number of nitriles is 1. The third-order valence-electron chi connectivity index (χ3n) is 5.00. The van der Waals surface area contributed by atoms with Crippen molar-refractivity contribution in [1.29, 1.82) is 5.26 Å². The van der Waals surface area contributed by atoms with Crippen molar-refractivity contribution in [2.75, 3.05) is 18.8 Å². The Hall–Kier alpha value is -2.65. The molecule has 130 valence electrons. The summed E-state index contributed by atoms with van der Waals surface area (Å²) in [6.45, 7) is 6.66. The van der Waals surface area contributed by atoms with Crippen LogP contribution in [0.2, 0.25) is 0 Å². The highest BCUT2D eigenvalue weighted by atomic mass is 16.2. The Kier molecular flexibility index (Phi) is 4.86. The van der Waals surface area contributed by atoms with Crippen molar-refractivity contribution in [1.82, 2.24) is 14.7 Å². The van der Waals surface area contributed by atoms with Gasteiger partial charge >= 0.3 is 0 Å². The fourth-order valence-corrected chi connectivity index (χ4v) is 3.60. The number of benzene rings is 1. The molecule has 0 radical (unpaired) electrons. The maximum atomic E-state index is 13.0. The van der Waals surface area contributed by atoms with Crippen molar-refractivity contribution >= 4 is 11.7 Å². The molecule has 0 saturated carbocycles.